The molecule has 1 atom stereocenters. The van der Waals surface area contributed by atoms with Gasteiger partial charge in [-0.2, -0.15) is 0 Å². The fraction of sp³-hybridized carbons (Fsp3) is 0.455. The van der Waals surface area contributed by atoms with Crippen LogP contribution in [-0.4, -0.2) is 19.9 Å². The van der Waals surface area contributed by atoms with Crippen molar-refractivity contribution in [1.29, 1.82) is 0 Å². The van der Waals surface area contributed by atoms with E-state index in [2.05, 4.69) is 13.8 Å². The van der Waals surface area contributed by atoms with E-state index in [9.17, 15) is 8.42 Å². The summed E-state index contributed by atoms with van der Waals surface area (Å²) in [5.74, 6) is 0. The van der Waals surface area contributed by atoms with Crippen LogP contribution in [0.15, 0.2) is 34.1 Å². The molecule has 0 aliphatic rings. The third-order valence-electron chi connectivity index (χ3n) is 2.15. The zero-order valence-corrected chi connectivity index (χ0v) is 10.9. The first-order valence-electron chi connectivity index (χ1n) is 4.91. The van der Waals surface area contributed by atoms with Gasteiger partial charge in [0, 0.05) is 16.4 Å². The van der Waals surface area contributed by atoms with Gasteiger partial charge >= 0.3 is 0 Å². The molecule has 1 aromatic carbocycles. The van der Waals surface area contributed by atoms with Crippen molar-refractivity contribution in [2.75, 3.05) is 6.26 Å². The first-order valence-corrected chi connectivity index (χ1v) is 7.68. The summed E-state index contributed by atoms with van der Waals surface area (Å²) in [7, 11) is -3.11. The van der Waals surface area contributed by atoms with Crippen molar-refractivity contribution in [2.45, 2.75) is 35.3 Å². The van der Waals surface area contributed by atoms with Crippen LogP contribution in [-0.2, 0) is 9.84 Å². The minimum Gasteiger partial charge on any atom is -0.224 e. The predicted molar refractivity (Wildman–Crippen MR) is 65.2 cm³/mol. The monoisotopic (exact) mass is 244 g/mol. The second-order valence-corrected chi connectivity index (χ2v) is 7.02. The van der Waals surface area contributed by atoms with Crippen molar-refractivity contribution in [3.8, 4) is 0 Å². The molecule has 0 aromatic heterocycles. The number of hydrogen-bond acceptors (Lipinski definition) is 3. The molecule has 1 rings (SSSR count). The Morgan fingerprint density at radius 2 is 1.93 bits per heavy atom. The third kappa shape index (κ3) is 3.54. The van der Waals surface area contributed by atoms with Crippen molar-refractivity contribution < 1.29 is 8.42 Å². The Labute approximate surface area is 96.0 Å². The highest BCUT2D eigenvalue weighted by Gasteiger charge is 2.14. The average molecular weight is 244 g/mol. The van der Waals surface area contributed by atoms with Crippen LogP contribution in [0.2, 0.25) is 0 Å². The Morgan fingerprint density at radius 1 is 1.33 bits per heavy atom. The van der Waals surface area contributed by atoms with Gasteiger partial charge in [-0.05, 0) is 18.6 Å². The van der Waals surface area contributed by atoms with Crippen molar-refractivity contribution in [3.63, 3.8) is 0 Å². The van der Waals surface area contributed by atoms with Gasteiger partial charge in [-0.1, -0.05) is 26.0 Å². The van der Waals surface area contributed by atoms with E-state index in [1.165, 1.54) is 6.26 Å². The van der Waals surface area contributed by atoms with E-state index in [1.54, 1.807) is 23.9 Å². The van der Waals surface area contributed by atoms with Gasteiger partial charge < -0.3 is 0 Å². The van der Waals surface area contributed by atoms with Crippen LogP contribution in [0.3, 0.4) is 0 Å². The molecule has 15 heavy (non-hydrogen) atoms. The Balaban J connectivity index is 3.08. The normalized spacial score (nSPS) is 13.8. The number of sulfone groups is 1. The molecule has 0 spiro atoms. The Kier molecular flexibility index (Phi) is 4.22. The molecule has 1 aromatic rings. The molecule has 84 valence electrons. The van der Waals surface area contributed by atoms with Crippen molar-refractivity contribution in [3.05, 3.63) is 24.3 Å². The zero-order chi connectivity index (χ0) is 11.5. The molecule has 0 N–H and O–H groups in total. The summed E-state index contributed by atoms with van der Waals surface area (Å²) in [4.78, 5) is 1.30. The van der Waals surface area contributed by atoms with Crippen LogP contribution in [0.25, 0.3) is 0 Å². The van der Waals surface area contributed by atoms with Crippen LogP contribution >= 0.6 is 11.8 Å². The van der Waals surface area contributed by atoms with Crippen molar-refractivity contribution in [2.24, 2.45) is 0 Å². The van der Waals surface area contributed by atoms with E-state index in [-0.39, 0.29) is 0 Å². The molecule has 0 saturated carbocycles. The first kappa shape index (κ1) is 12.6. The van der Waals surface area contributed by atoms with Gasteiger partial charge in [-0.3, -0.25) is 0 Å². The molecule has 1 unspecified atom stereocenters. The number of benzene rings is 1. The van der Waals surface area contributed by atoms with E-state index in [1.807, 2.05) is 12.1 Å². The largest absolute Gasteiger partial charge is 0.224 e. The molecule has 0 heterocycles. The lowest BCUT2D eigenvalue weighted by atomic mass is 10.4. The van der Waals surface area contributed by atoms with Gasteiger partial charge in [0.25, 0.3) is 0 Å². The van der Waals surface area contributed by atoms with Gasteiger partial charge in [0.15, 0.2) is 9.84 Å². The molecule has 2 nitrogen and oxygen atoms in total. The molecule has 0 aliphatic heterocycles. The van der Waals surface area contributed by atoms with Gasteiger partial charge in [-0.25, -0.2) is 8.42 Å². The van der Waals surface area contributed by atoms with E-state index >= 15 is 0 Å². The summed E-state index contributed by atoms with van der Waals surface area (Å²) in [5.41, 5.74) is 0. The van der Waals surface area contributed by atoms with E-state index in [4.69, 9.17) is 0 Å². The van der Waals surface area contributed by atoms with Gasteiger partial charge in [0.1, 0.15) is 0 Å². The lowest BCUT2D eigenvalue weighted by molar-refractivity contribution is 0.600. The first-order chi connectivity index (χ1) is 6.95. The van der Waals surface area contributed by atoms with E-state index in [0.29, 0.717) is 10.1 Å². The maximum atomic E-state index is 11.5. The van der Waals surface area contributed by atoms with Crippen LogP contribution in [0.4, 0.5) is 0 Å². The molecule has 0 bridgehead atoms. The second kappa shape index (κ2) is 5.03. The van der Waals surface area contributed by atoms with Crippen LogP contribution < -0.4 is 0 Å². The van der Waals surface area contributed by atoms with Gasteiger partial charge in [-0.15, -0.1) is 11.8 Å². The topological polar surface area (TPSA) is 34.1 Å². The summed E-state index contributed by atoms with van der Waals surface area (Å²) >= 11 is 1.62. The van der Waals surface area contributed by atoms with E-state index < -0.39 is 9.84 Å². The van der Waals surface area contributed by atoms with Crippen molar-refractivity contribution >= 4 is 21.6 Å². The van der Waals surface area contributed by atoms with Gasteiger partial charge in [0.2, 0.25) is 0 Å². The summed E-state index contributed by atoms with van der Waals surface area (Å²) < 4.78 is 23.0. The van der Waals surface area contributed by atoms with Gasteiger partial charge in [0.05, 0.1) is 4.90 Å². The maximum Gasteiger partial charge on any atom is 0.176 e. The lowest BCUT2D eigenvalue weighted by Gasteiger charge is -2.11. The lowest BCUT2D eigenvalue weighted by Crippen LogP contribution is -2.01. The minimum atomic E-state index is -3.11. The average Bonchev–Trinajstić information content (AvgIpc) is 2.17. The quantitative estimate of drug-likeness (QED) is 0.764. The molecule has 0 saturated heterocycles. The maximum absolute atomic E-state index is 11.5. The molecule has 0 amide bonds. The number of hydrogen-bond donors (Lipinski definition) is 0. The second-order valence-electron chi connectivity index (χ2n) is 3.56. The standard InChI is InChI=1S/C11H16O2S2/c1-4-9(2)14-10-7-5-6-8-11(10)15(3,12)13/h5-9H,4H2,1-3H3. The smallest absolute Gasteiger partial charge is 0.176 e. The molecular weight excluding hydrogens is 228 g/mol. The highest BCUT2D eigenvalue weighted by molar-refractivity contribution is 8.00. The summed E-state index contributed by atoms with van der Waals surface area (Å²) in [5, 5.41) is 0.438. The highest BCUT2D eigenvalue weighted by atomic mass is 32.2. The SMILES string of the molecule is CCC(C)Sc1ccccc1S(C)(=O)=O. The molecule has 0 aliphatic carbocycles. The zero-order valence-electron chi connectivity index (χ0n) is 9.23. The Bertz CT molecular complexity index is 424. The Morgan fingerprint density at radius 3 is 2.47 bits per heavy atom. The molecule has 4 heteroatoms. The fourth-order valence-corrected chi connectivity index (χ4v) is 3.45. The summed E-state index contributed by atoms with van der Waals surface area (Å²) in [6.07, 6.45) is 2.28. The van der Waals surface area contributed by atoms with E-state index in [0.717, 1.165) is 11.3 Å². The van der Waals surface area contributed by atoms with Crippen molar-refractivity contribution in [1.82, 2.24) is 0 Å². The fourth-order valence-electron chi connectivity index (χ4n) is 1.15. The number of rotatable bonds is 4. The Hall–Kier alpha value is -0.480. The summed E-state index contributed by atoms with van der Waals surface area (Å²) in [6, 6.07) is 7.17. The number of thioether (sulfide) groups is 1. The third-order valence-corrected chi connectivity index (χ3v) is 4.78. The molecular formula is C11H16O2S2. The van der Waals surface area contributed by atoms with Crippen LogP contribution in [0.1, 0.15) is 20.3 Å². The highest BCUT2D eigenvalue weighted by Crippen LogP contribution is 2.30. The minimum absolute atomic E-state index is 0.438. The molecule has 0 fully saturated rings. The van der Waals surface area contributed by atoms with Crippen LogP contribution in [0.5, 0.6) is 0 Å². The van der Waals surface area contributed by atoms with Crippen LogP contribution in [0, 0.1) is 0 Å². The molecule has 0 radical (unpaired) electrons. The predicted octanol–water partition coefficient (Wildman–Crippen LogP) is 2.98. The summed E-state index contributed by atoms with van der Waals surface area (Å²) in [6.45, 7) is 4.20.